The molecule has 0 spiro atoms. The minimum absolute atomic E-state index is 0.567. The van der Waals surface area contributed by atoms with Gasteiger partial charge >= 0.3 is 5.97 Å². The molecule has 1 aromatic carbocycles. The fraction of sp³-hybridized carbons (Fsp3) is 0.588. The molecular weight excluding hydrogens is 266 g/mol. The van der Waals surface area contributed by atoms with Gasteiger partial charge in [-0.15, -0.1) is 0 Å². The summed E-state index contributed by atoms with van der Waals surface area (Å²) in [6.07, 6.45) is 3.32. The maximum Gasteiger partial charge on any atom is 0.324 e. The van der Waals surface area contributed by atoms with Crippen LogP contribution < -0.4 is 0 Å². The van der Waals surface area contributed by atoms with Gasteiger partial charge in [-0.1, -0.05) is 37.6 Å². The van der Waals surface area contributed by atoms with E-state index in [4.69, 9.17) is 4.74 Å². The number of hydrogen-bond donors (Lipinski definition) is 1. The molecule has 4 heteroatoms. The average molecular weight is 291 g/mol. The fourth-order valence-corrected chi connectivity index (χ4v) is 3.42. The summed E-state index contributed by atoms with van der Waals surface area (Å²) in [5.74, 6) is -0.675. The van der Waals surface area contributed by atoms with Crippen molar-refractivity contribution in [1.82, 2.24) is 4.90 Å². The molecule has 1 aliphatic heterocycles. The van der Waals surface area contributed by atoms with Crippen LogP contribution in [0.1, 0.15) is 43.7 Å². The smallest absolute Gasteiger partial charge is 0.324 e. The minimum atomic E-state index is -0.686. The van der Waals surface area contributed by atoms with Gasteiger partial charge in [0.25, 0.3) is 0 Å². The van der Waals surface area contributed by atoms with E-state index in [0.29, 0.717) is 13.2 Å². The molecule has 0 aromatic heterocycles. The monoisotopic (exact) mass is 291 g/mol. The van der Waals surface area contributed by atoms with Crippen molar-refractivity contribution in [3.05, 3.63) is 35.4 Å². The van der Waals surface area contributed by atoms with Crippen LogP contribution in [0.25, 0.3) is 0 Å². The number of likely N-dealkylation sites (tertiary alicyclic amines) is 1. The summed E-state index contributed by atoms with van der Waals surface area (Å²) in [5.41, 5.74) is 1.63. The maximum atomic E-state index is 11.9. The molecule has 0 saturated carbocycles. The van der Waals surface area contributed by atoms with E-state index < -0.39 is 11.5 Å². The molecule has 1 atom stereocenters. The van der Waals surface area contributed by atoms with Crippen molar-refractivity contribution >= 4 is 5.97 Å². The molecule has 1 unspecified atom stereocenters. The molecule has 1 heterocycles. The van der Waals surface area contributed by atoms with E-state index in [2.05, 4.69) is 24.0 Å². The van der Waals surface area contributed by atoms with Gasteiger partial charge in [0.15, 0.2) is 0 Å². The Kier molecular flexibility index (Phi) is 5.37. The fourth-order valence-electron chi connectivity index (χ4n) is 3.42. The lowest BCUT2D eigenvalue weighted by Gasteiger charge is -2.35. The summed E-state index contributed by atoms with van der Waals surface area (Å²) in [6.45, 7) is 4.16. The van der Waals surface area contributed by atoms with Crippen LogP contribution in [0.5, 0.6) is 0 Å². The third-order valence-electron chi connectivity index (χ3n) is 4.46. The lowest BCUT2D eigenvalue weighted by molar-refractivity contribution is -0.150. The summed E-state index contributed by atoms with van der Waals surface area (Å²) in [4.78, 5) is 14.0. The molecular formula is C17H25NO3. The zero-order chi connectivity index (χ0) is 15.3. The van der Waals surface area contributed by atoms with Gasteiger partial charge in [0.1, 0.15) is 5.54 Å². The predicted octanol–water partition coefficient (Wildman–Crippen LogP) is 3.05. The molecule has 0 radical (unpaired) electrons. The normalized spacial score (nSPS) is 22.6. The Morgan fingerprint density at radius 3 is 2.71 bits per heavy atom. The molecule has 0 aliphatic carbocycles. The van der Waals surface area contributed by atoms with Crippen molar-refractivity contribution in [1.29, 1.82) is 0 Å². The lowest BCUT2D eigenvalue weighted by Crippen LogP contribution is -2.50. The van der Waals surface area contributed by atoms with E-state index in [1.165, 1.54) is 5.56 Å². The van der Waals surface area contributed by atoms with Crippen molar-refractivity contribution in [2.45, 2.75) is 51.3 Å². The van der Waals surface area contributed by atoms with Crippen LogP contribution in [-0.4, -0.2) is 35.2 Å². The van der Waals surface area contributed by atoms with Crippen molar-refractivity contribution in [3.63, 3.8) is 0 Å². The minimum Gasteiger partial charge on any atom is -0.480 e. The number of aliphatic carboxylic acids is 1. The van der Waals surface area contributed by atoms with Crippen LogP contribution >= 0.6 is 0 Å². The standard InChI is InChI=1S/C17H25NO3/c1-3-9-17(16(19)20)10-6-11-18(17)12-14-7-4-5-8-15(14)13-21-2/h4-5,7-8H,3,6,9-13H2,1-2H3,(H,19,20). The second-order valence-corrected chi connectivity index (χ2v) is 5.81. The largest absolute Gasteiger partial charge is 0.480 e. The van der Waals surface area contributed by atoms with Gasteiger partial charge in [0, 0.05) is 13.7 Å². The summed E-state index contributed by atoms with van der Waals surface area (Å²) in [6, 6.07) is 8.13. The molecule has 2 rings (SSSR count). The highest BCUT2D eigenvalue weighted by molar-refractivity contribution is 5.79. The number of ether oxygens (including phenoxy) is 1. The number of methoxy groups -OCH3 is 1. The van der Waals surface area contributed by atoms with Gasteiger partial charge in [-0.25, -0.2) is 0 Å². The number of rotatable bonds is 7. The Balaban J connectivity index is 2.23. The Bertz CT molecular complexity index is 489. The van der Waals surface area contributed by atoms with Crippen LogP contribution in [0.4, 0.5) is 0 Å². The van der Waals surface area contributed by atoms with Crippen LogP contribution in [0.3, 0.4) is 0 Å². The Morgan fingerprint density at radius 2 is 2.10 bits per heavy atom. The number of carbonyl (C=O) groups is 1. The summed E-state index contributed by atoms with van der Waals surface area (Å²) < 4.78 is 5.25. The first-order valence-electron chi connectivity index (χ1n) is 7.68. The number of carboxylic acid groups (broad SMARTS) is 1. The van der Waals surface area contributed by atoms with E-state index in [9.17, 15) is 9.90 Å². The first-order chi connectivity index (χ1) is 10.1. The van der Waals surface area contributed by atoms with Gasteiger partial charge in [0.05, 0.1) is 6.61 Å². The third-order valence-corrected chi connectivity index (χ3v) is 4.46. The molecule has 21 heavy (non-hydrogen) atoms. The molecule has 1 aromatic rings. The summed E-state index contributed by atoms with van der Waals surface area (Å²) >= 11 is 0. The summed E-state index contributed by atoms with van der Waals surface area (Å²) in [5, 5.41) is 9.75. The van der Waals surface area contributed by atoms with E-state index in [0.717, 1.165) is 37.8 Å². The zero-order valence-electron chi connectivity index (χ0n) is 13.0. The highest BCUT2D eigenvalue weighted by Crippen LogP contribution is 2.35. The lowest BCUT2D eigenvalue weighted by atomic mass is 9.90. The second-order valence-electron chi connectivity index (χ2n) is 5.81. The SMILES string of the molecule is CCCC1(C(=O)O)CCCN1Cc1ccccc1COC. The molecule has 1 aliphatic rings. The maximum absolute atomic E-state index is 11.9. The van der Waals surface area contributed by atoms with Gasteiger partial charge in [-0.2, -0.15) is 0 Å². The first-order valence-corrected chi connectivity index (χ1v) is 7.68. The Hall–Kier alpha value is -1.39. The number of benzene rings is 1. The average Bonchev–Trinajstić information content (AvgIpc) is 2.86. The van der Waals surface area contributed by atoms with Crippen LogP contribution in [0.15, 0.2) is 24.3 Å². The second kappa shape index (κ2) is 7.05. The van der Waals surface area contributed by atoms with Gasteiger partial charge in [-0.3, -0.25) is 9.69 Å². The topological polar surface area (TPSA) is 49.8 Å². The van der Waals surface area contributed by atoms with Crippen molar-refractivity contribution in [3.8, 4) is 0 Å². The molecule has 1 saturated heterocycles. The van der Waals surface area contributed by atoms with Gasteiger partial charge in [-0.05, 0) is 36.9 Å². The molecule has 0 bridgehead atoms. The van der Waals surface area contributed by atoms with E-state index in [-0.39, 0.29) is 0 Å². The van der Waals surface area contributed by atoms with Crippen molar-refractivity contribution in [2.24, 2.45) is 0 Å². The Labute approximate surface area is 126 Å². The van der Waals surface area contributed by atoms with E-state index in [1.54, 1.807) is 7.11 Å². The van der Waals surface area contributed by atoms with Gasteiger partial charge in [0.2, 0.25) is 0 Å². The zero-order valence-corrected chi connectivity index (χ0v) is 13.0. The number of nitrogens with zero attached hydrogens (tertiary/aromatic N) is 1. The van der Waals surface area contributed by atoms with E-state index >= 15 is 0 Å². The summed E-state index contributed by atoms with van der Waals surface area (Å²) in [7, 11) is 1.69. The molecule has 1 N–H and O–H groups in total. The Morgan fingerprint density at radius 1 is 1.38 bits per heavy atom. The highest BCUT2D eigenvalue weighted by Gasteiger charge is 2.46. The number of hydrogen-bond acceptors (Lipinski definition) is 3. The highest BCUT2D eigenvalue weighted by atomic mass is 16.5. The van der Waals surface area contributed by atoms with E-state index in [1.807, 2.05) is 12.1 Å². The number of carboxylic acids is 1. The predicted molar refractivity (Wildman–Crippen MR) is 82.1 cm³/mol. The van der Waals surface area contributed by atoms with Crippen LogP contribution in [0, 0.1) is 0 Å². The van der Waals surface area contributed by atoms with Crippen LogP contribution in [-0.2, 0) is 22.7 Å². The van der Waals surface area contributed by atoms with Crippen molar-refractivity contribution in [2.75, 3.05) is 13.7 Å². The molecule has 0 amide bonds. The van der Waals surface area contributed by atoms with Gasteiger partial charge < -0.3 is 9.84 Å². The molecule has 4 nitrogen and oxygen atoms in total. The third kappa shape index (κ3) is 3.27. The van der Waals surface area contributed by atoms with Crippen LogP contribution in [0.2, 0.25) is 0 Å². The molecule has 116 valence electrons. The van der Waals surface area contributed by atoms with Crippen molar-refractivity contribution < 1.29 is 14.6 Å². The first kappa shape index (κ1) is 16.0. The molecule has 1 fully saturated rings. The quantitative estimate of drug-likeness (QED) is 0.839.